The summed E-state index contributed by atoms with van der Waals surface area (Å²) in [5.41, 5.74) is -0.883. The molecule has 1 aliphatic heterocycles. The minimum Gasteiger partial charge on any atom is -0.322 e. The van der Waals surface area contributed by atoms with Gasteiger partial charge in [0, 0.05) is 44.8 Å². The highest BCUT2D eigenvalue weighted by Gasteiger charge is 2.45. The van der Waals surface area contributed by atoms with E-state index in [-0.39, 0.29) is 11.7 Å². The molecule has 1 saturated heterocycles. The van der Waals surface area contributed by atoms with E-state index in [1.54, 1.807) is 47.3 Å². The third-order valence-electron chi connectivity index (χ3n) is 4.78. The number of anilines is 1. The van der Waals surface area contributed by atoms with Crippen LogP contribution in [0.15, 0.2) is 31.0 Å². The maximum atomic E-state index is 13.1. The number of imidazole rings is 1. The third kappa shape index (κ3) is 3.51. The molecular weight excluding hydrogens is 356 g/mol. The predicted octanol–water partition coefficient (Wildman–Crippen LogP) is 0.786. The van der Waals surface area contributed by atoms with Crippen LogP contribution in [-0.4, -0.2) is 56.8 Å². The summed E-state index contributed by atoms with van der Waals surface area (Å²) in [5, 5.41) is 7.04. The molecule has 0 aromatic carbocycles. The van der Waals surface area contributed by atoms with Gasteiger partial charge in [0.05, 0.1) is 12.1 Å². The van der Waals surface area contributed by atoms with Gasteiger partial charge >= 0.3 is 0 Å². The van der Waals surface area contributed by atoms with Crippen LogP contribution in [0, 0.1) is 0 Å². The lowest BCUT2D eigenvalue weighted by Gasteiger charge is -2.40. The molecule has 0 unspecified atom stereocenters. The van der Waals surface area contributed by atoms with Crippen molar-refractivity contribution in [2.75, 3.05) is 24.2 Å². The van der Waals surface area contributed by atoms with Gasteiger partial charge in [0.2, 0.25) is 10.0 Å². The first-order valence-electron chi connectivity index (χ1n) is 8.65. The number of hydrogen-bond donors (Lipinski definition) is 1. The van der Waals surface area contributed by atoms with Gasteiger partial charge in [0.15, 0.2) is 5.82 Å². The highest BCUT2D eigenvalue weighted by Crippen LogP contribution is 2.32. The molecule has 0 spiro atoms. The van der Waals surface area contributed by atoms with Crippen molar-refractivity contribution >= 4 is 21.7 Å². The molecule has 1 amide bonds. The van der Waals surface area contributed by atoms with Crippen LogP contribution in [0.5, 0.6) is 0 Å². The Hall–Kier alpha value is -2.20. The molecule has 3 rings (SSSR count). The highest BCUT2D eigenvalue weighted by molar-refractivity contribution is 7.89. The molecule has 0 atom stereocenters. The van der Waals surface area contributed by atoms with Gasteiger partial charge in [-0.25, -0.2) is 17.7 Å². The molecule has 1 fully saturated rings. The number of carbonyl (C=O) groups is 1. The number of nitrogens with one attached hydrogen (secondary N) is 1. The van der Waals surface area contributed by atoms with E-state index in [1.807, 2.05) is 6.92 Å². The minimum absolute atomic E-state index is 0.130. The fourth-order valence-electron chi connectivity index (χ4n) is 3.35. The Bertz CT molecular complexity index is 850. The number of sulfonamides is 1. The number of nitrogens with zero attached hydrogens (tertiary/aromatic N) is 5. The zero-order valence-electron chi connectivity index (χ0n) is 15.0. The molecule has 0 bridgehead atoms. The maximum Gasteiger partial charge on any atom is 0.251 e. The van der Waals surface area contributed by atoms with E-state index in [2.05, 4.69) is 15.4 Å². The molecule has 0 saturated carbocycles. The van der Waals surface area contributed by atoms with E-state index >= 15 is 0 Å². The van der Waals surface area contributed by atoms with E-state index in [0.717, 1.165) is 0 Å². The first kappa shape index (κ1) is 18.6. The number of piperidine rings is 1. The fourth-order valence-corrected chi connectivity index (χ4v) is 4.86. The normalized spacial score (nSPS) is 17.9. The molecule has 26 heavy (non-hydrogen) atoms. The van der Waals surface area contributed by atoms with Crippen molar-refractivity contribution in [2.45, 2.75) is 31.7 Å². The number of aromatic nitrogens is 4. The number of aryl methyl sites for hydroxylation is 1. The van der Waals surface area contributed by atoms with Crippen LogP contribution in [0.3, 0.4) is 0 Å². The number of rotatable bonds is 6. The van der Waals surface area contributed by atoms with E-state index in [0.29, 0.717) is 38.2 Å². The summed E-state index contributed by atoms with van der Waals surface area (Å²) >= 11 is 0. The average Bonchev–Trinajstić information content (AvgIpc) is 3.27. The number of amides is 1. The van der Waals surface area contributed by atoms with Crippen molar-refractivity contribution in [1.82, 2.24) is 23.6 Å². The topological polar surface area (TPSA) is 102 Å². The summed E-state index contributed by atoms with van der Waals surface area (Å²) < 4.78 is 29.5. The number of hydrogen-bond acceptors (Lipinski definition) is 5. The van der Waals surface area contributed by atoms with Crippen LogP contribution in [0.2, 0.25) is 0 Å². The summed E-state index contributed by atoms with van der Waals surface area (Å²) in [6.07, 6.45) is 8.05. The Morgan fingerprint density at radius 3 is 2.58 bits per heavy atom. The standard InChI is InChI=1S/C16H24N6O3S/c1-3-12-26(24,25)22-9-5-16(6-10-22,21-11-7-17-13-21)15(23)18-14-4-8-20(2)19-14/h4,7-8,11,13H,3,5-6,9-10,12H2,1-2H3,(H,18,19,23). The first-order valence-corrected chi connectivity index (χ1v) is 10.3. The molecule has 3 heterocycles. The SMILES string of the molecule is CCCS(=O)(=O)N1CCC(C(=O)Nc2ccn(C)n2)(n2ccnc2)CC1. The Morgan fingerprint density at radius 2 is 2.04 bits per heavy atom. The van der Waals surface area contributed by atoms with Gasteiger partial charge in [-0.15, -0.1) is 0 Å². The minimum atomic E-state index is -3.27. The Balaban J connectivity index is 1.82. The van der Waals surface area contributed by atoms with E-state index < -0.39 is 15.6 Å². The van der Waals surface area contributed by atoms with Crippen LogP contribution in [0.1, 0.15) is 26.2 Å². The Kier molecular flexibility index (Phi) is 5.15. The van der Waals surface area contributed by atoms with E-state index in [9.17, 15) is 13.2 Å². The monoisotopic (exact) mass is 380 g/mol. The second kappa shape index (κ2) is 7.20. The van der Waals surface area contributed by atoms with E-state index in [4.69, 9.17) is 0 Å². The van der Waals surface area contributed by atoms with Gasteiger partial charge in [-0.3, -0.25) is 9.48 Å². The summed E-state index contributed by atoms with van der Waals surface area (Å²) in [6.45, 7) is 2.45. The lowest BCUT2D eigenvalue weighted by molar-refractivity contribution is -0.126. The lowest BCUT2D eigenvalue weighted by atomic mass is 9.87. The van der Waals surface area contributed by atoms with Gasteiger partial charge in [-0.1, -0.05) is 6.92 Å². The molecular formula is C16H24N6O3S. The number of carbonyl (C=O) groups excluding carboxylic acids is 1. The first-order chi connectivity index (χ1) is 12.4. The molecule has 142 valence electrons. The molecule has 1 N–H and O–H groups in total. The average molecular weight is 380 g/mol. The summed E-state index contributed by atoms with van der Waals surface area (Å²) in [4.78, 5) is 17.2. The van der Waals surface area contributed by atoms with Gasteiger partial charge in [0.1, 0.15) is 5.54 Å². The third-order valence-corrected chi connectivity index (χ3v) is 6.86. The van der Waals surface area contributed by atoms with Crippen LogP contribution in [-0.2, 0) is 27.4 Å². The van der Waals surface area contributed by atoms with Crippen LogP contribution < -0.4 is 5.32 Å². The van der Waals surface area contributed by atoms with Crippen molar-refractivity contribution in [3.05, 3.63) is 31.0 Å². The van der Waals surface area contributed by atoms with Crippen LogP contribution in [0.25, 0.3) is 0 Å². The van der Waals surface area contributed by atoms with Crippen molar-refractivity contribution < 1.29 is 13.2 Å². The zero-order chi connectivity index (χ0) is 18.8. The molecule has 0 aliphatic carbocycles. The quantitative estimate of drug-likeness (QED) is 0.798. The lowest BCUT2D eigenvalue weighted by Crippen LogP contribution is -2.54. The maximum absolute atomic E-state index is 13.1. The second-order valence-corrected chi connectivity index (χ2v) is 8.63. The predicted molar refractivity (Wildman–Crippen MR) is 96.9 cm³/mol. The molecule has 1 aliphatic rings. The van der Waals surface area contributed by atoms with E-state index in [1.165, 1.54) is 4.31 Å². The highest BCUT2D eigenvalue weighted by atomic mass is 32.2. The molecule has 2 aromatic rings. The van der Waals surface area contributed by atoms with Crippen LogP contribution in [0.4, 0.5) is 5.82 Å². The van der Waals surface area contributed by atoms with Gasteiger partial charge in [-0.2, -0.15) is 5.10 Å². The van der Waals surface area contributed by atoms with Gasteiger partial charge in [0.25, 0.3) is 5.91 Å². The van der Waals surface area contributed by atoms with Crippen LogP contribution >= 0.6 is 0 Å². The molecule has 10 heteroatoms. The Morgan fingerprint density at radius 1 is 1.31 bits per heavy atom. The second-order valence-electron chi connectivity index (χ2n) is 6.55. The summed E-state index contributed by atoms with van der Waals surface area (Å²) in [6, 6.07) is 1.72. The zero-order valence-corrected chi connectivity index (χ0v) is 15.8. The van der Waals surface area contributed by atoms with Gasteiger partial charge in [-0.05, 0) is 19.3 Å². The van der Waals surface area contributed by atoms with Crippen molar-refractivity contribution in [3.8, 4) is 0 Å². The smallest absolute Gasteiger partial charge is 0.251 e. The molecule has 2 aromatic heterocycles. The van der Waals surface area contributed by atoms with Crippen molar-refractivity contribution in [3.63, 3.8) is 0 Å². The largest absolute Gasteiger partial charge is 0.322 e. The van der Waals surface area contributed by atoms with Crippen molar-refractivity contribution in [1.29, 1.82) is 0 Å². The summed E-state index contributed by atoms with van der Waals surface area (Å²) in [7, 11) is -1.50. The van der Waals surface area contributed by atoms with Gasteiger partial charge < -0.3 is 9.88 Å². The van der Waals surface area contributed by atoms with Crippen molar-refractivity contribution in [2.24, 2.45) is 7.05 Å². The molecule has 9 nitrogen and oxygen atoms in total. The fraction of sp³-hybridized carbons (Fsp3) is 0.562. The summed E-state index contributed by atoms with van der Waals surface area (Å²) in [5.74, 6) is 0.394. The Labute approximate surface area is 153 Å². The molecule has 0 radical (unpaired) electrons.